The van der Waals surface area contributed by atoms with Gasteiger partial charge in [0.15, 0.2) is 0 Å². The van der Waals surface area contributed by atoms with E-state index in [-0.39, 0.29) is 6.04 Å². The van der Waals surface area contributed by atoms with E-state index in [0.717, 1.165) is 12.8 Å². The Kier molecular flexibility index (Phi) is 5.64. The first-order chi connectivity index (χ1) is 4.31. The molecule has 0 aliphatic heterocycles. The van der Waals surface area contributed by atoms with Crippen LogP contribution in [0, 0.1) is 6.92 Å². The molecule has 0 aliphatic carbocycles. The molecular formula is C8H16N. The lowest BCUT2D eigenvalue weighted by Crippen LogP contribution is -2.15. The predicted molar refractivity (Wildman–Crippen MR) is 42.0 cm³/mol. The van der Waals surface area contributed by atoms with Crippen molar-refractivity contribution in [3.8, 4) is 0 Å². The van der Waals surface area contributed by atoms with Crippen LogP contribution in [0.25, 0.3) is 0 Å². The summed E-state index contributed by atoms with van der Waals surface area (Å²) in [4.78, 5) is 0. The van der Waals surface area contributed by atoms with E-state index in [0.29, 0.717) is 0 Å². The Morgan fingerprint density at radius 2 is 2.11 bits per heavy atom. The summed E-state index contributed by atoms with van der Waals surface area (Å²) in [5.41, 5.74) is 5.58. The third-order valence-electron chi connectivity index (χ3n) is 1.34. The zero-order chi connectivity index (χ0) is 7.11. The third kappa shape index (κ3) is 5.57. The normalized spacial score (nSPS) is 13.1. The van der Waals surface area contributed by atoms with Gasteiger partial charge in [-0.15, -0.1) is 6.58 Å². The highest BCUT2D eigenvalue weighted by molar-refractivity contribution is 4.81. The van der Waals surface area contributed by atoms with Gasteiger partial charge in [-0.05, 0) is 6.42 Å². The minimum absolute atomic E-state index is 0.191. The molecule has 0 aliphatic rings. The Labute approximate surface area is 57.9 Å². The molecule has 0 heterocycles. The highest BCUT2D eigenvalue weighted by Gasteiger charge is 1.93. The molecule has 1 unspecified atom stereocenters. The van der Waals surface area contributed by atoms with Gasteiger partial charge in [0.25, 0.3) is 0 Å². The minimum Gasteiger partial charge on any atom is -0.324 e. The molecular weight excluding hydrogens is 110 g/mol. The van der Waals surface area contributed by atoms with Crippen LogP contribution in [-0.4, -0.2) is 6.04 Å². The molecule has 53 valence electrons. The Morgan fingerprint density at radius 3 is 2.56 bits per heavy atom. The molecule has 1 atom stereocenters. The number of hydrogen-bond donors (Lipinski definition) is 1. The second-order valence-corrected chi connectivity index (χ2v) is 2.25. The summed E-state index contributed by atoms with van der Waals surface area (Å²) >= 11 is 0. The summed E-state index contributed by atoms with van der Waals surface area (Å²) in [5.74, 6) is 0. The summed E-state index contributed by atoms with van der Waals surface area (Å²) < 4.78 is 0. The van der Waals surface area contributed by atoms with Gasteiger partial charge < -0.3 is 5.73 Å². The Balaban J connectivity index is 2.96. The van der Waals surface area contributed by atoms with Crippen molar-refractivity contribution in [1.29, 1.82) is 0 Å². The van der Waals surface area contributed by atoms with Crippen molar-refractivity contribution < 1.29 is 0 Å². The quantitative estimate of drug-likeness (QED) is 0.442. The lowest BCUT2D eigenvalue weighted by Gasteiger charge is -2.02. The molecule has 1 radical (unpaired) electrons. The molecule has 0 aromatic carbocycles. The standard InChI is InChI=1S/C8H16N/c1-3-5-6-7-8(9)4-2/h4,8H,1-3,5-7,9H2. The second kappa shape index (κ2) is 5.83. The molecule has 0 aromatic rings. The first kappa shape index (κ1) is 8.70. The fourth-order valence-corrected chi connectivity index (χ4v) is 0.675. The lowest BCUT2D eigenvalue weighted by atomic mass is 10.1. The zero-order valence-electron chi connectivity index (χ0n) is 5.97. The number of unbranched alkanes of at least 4 members (excludes halogenated alkanes) is 2. The summed E-state index contributed by atoms with van der Waals surface area (Å²) in [6, 6.07) is 0.191. The van der Waals surface area contributed by atoms with Gasteiger partial charge in [-0.1, -0.05) is 32.3 Å². The molecule has 0 saturated carbocycles. The van der Waals surface area contributed by atoms with E-state index < -0.39 is 0 Å². The lowest BCUT2D eigenvalue weighted by molar-refractivity contribution is 0.636. The molecule has 0 bridgehead atoms. The molecule has 1 nitrogen and oxygen atoms in total. The molecule has 0 fully saturated rings. The smallest absolute Gasteiger partial charge is 0.0221 e. The average Bonchev–Trinajstić information content (AvgIpc) is 1.89. The second-order valence-electron chi connectivity index (χ2n) is 2.25. The Bertz CT molecular complexity index is 69.0. The predicted octanol–water partition coefficient (Wildman–Crippen LogP) is 1.89. The molecule has 0 rings (SSSR count). The minimum atomic E-state index is 0.191. The fourth-order valence-electron chi connectivity index (χ4n) is 0.675. The maximum Gasteiger partial charge on any atom is 0.0221 e. The first-order valence-corrected chi connectivity index (χ1v) is 3.48. The van der Waals surface area contributed by atoms with E-state index in [4.69, 9.17) is 5.73 Å². The van der Waals surface area contributed by atoms with Crippen LogP contribution in [0.1, 0.15) is 25.7 Å². The van der Waals surface area contributed by atoms with Gasteiger partial charge in [-0.3, -0.25) is 0 Å². The highest BCUT2D eigenvalue weighted by atomic mass is 14.6. The fraction of sp³-hybridized carbons (Fsp3) is 0.625. The van der Waals surface area contributed by atoms with Gasteiger partial charge >= 0.3 is 0 Å². The van der Waals surface area contributed by atoms with Gasteiger partial charge in [0.2, 0.25) is 0 Å². The third-order valence-corrected chi connectivity index (χ3v) is 1.34. The van der Waals surface area contributed by atoms with Crippen LogP contribution < -0.4 is 5.73 Å². The van der Waals surface area contributed by atoms with Gasteiger partial charge in [0, 0.05) is 6.04 Å². The summed E-state index contributed by atoms with van der Waals surface area (Å²) in [6.45, 7) is 7.34. The molecule has 0 amide bonds. The maximum absolute atomic E-state index is 5.58. The Morgan fingerprint density at radius 1 is 1.44 bits per heavy atom. The molecule has 2 N–H and O–H groups in total. The van der Waals surface area contributed by atoms with Crippen LogP contribution in [0.5, 0.6) is 0 Å². The molecule has 0 saturated heterocycles. The Hall–Kier alpha value is -0.300. The zero-order valence-corrected chi connectivity index (χ0v) is 5.97. The van der Waals surface area contributed by atoms with Crippen molar-refractivity contribution in [2.45, 2.75) is 31.7 Å². The van der Waals surface area contributed by atoms with Gasteiger partial charge in [0.1, 0.15) is 0 Å². The van der Waals surface area contributed by atoms with Crippen molar-refractivity contribution in [3.63, 3.8) is 0 Å². The maximum atomic E-state index is 5.58. The molecule has 9 heavy (non-hydrogen) atoms. The summed E-state index contributed by atoms with van der Waals surface area (Å²) in [5, 5.41) is 0. The van der Waals surface area contributed by atoms with Crippen molar-refractivity contribution in [3.05, 3.63) is 19.6 Å². The first-order valence-electron chi connectivity index (χ1n) is 3.48. The molecule has 1 heteroatoms. The van der Waals surface area contributed by atoms with E-state index in [1.807, 2.05) is 0 Å². The largest absolute Gasteiger partial charge is 0.324 e. The van der Waals surface area contributed by atoms with Crippen molar-refractivity contribution in [2.24, 2.45) is 5.73 Å². The highest BCUT2D eigenvalue weighted by Crippen LogP contribution is 2.00. The van der Waals surface area contributed by atoms with Gasteiger partial charge in [-0.25, -0.2) is 0 Å². The van der Waals surface area contributed by atoms with Gasteiger partial charge in [-0.2, -0.15) is 0 Å². The van der Waals surface area contributed by atoms with Crippen molar-refractivity contribution in [1.82, 2.24) is 0 Å². The van der Waals surface area contributed by atoms with Crippen LogP contribution >= 0.6 is 0 Å². The number of nitrogens with two attached hydrogens (primary N) is 1. The van der Waals surface area contributed by atoms with E-state index in [9.17, 15) is 0 Å². The van der Waals surface area contributed by atoms with Crippen molar-refractivity contribution >= 4 is 0 Å². The topological polar surface area (TPSA) is 26.0 Å². The van der Waals surface area contributed by atoms with E-state index in [2.05, 4.69) is 13.5 Å². The van der Waals surface area contributed by atoms with E-state index in [1.54, 1.807) is 6.08 Å². The monoisotopic (exact) mass is 126 g/mol. The van der Waals surface area contributed by atoms with Crippen LogP contribution in [0.15, 0.2) is 12.7 Å². The van der Waals surface area contributed by atoms with Crippen molar-refractivity contribution in [2.75, 3.05) is 0 Å². The van der Waals surface area contributed by atoms with Crippen LogP contribution in [0.3, 0.4) is 0 Å². The average molecular weight is 126 g/mol. The van der Waals surface area contributed by atoms with E-state index >= 15 is 0 Å². The van der Waals surface area contributed by atoms with Crippen LogP contribution in [0.4, 0.5) is 0 Å². The number of rotatable bonds is 5. The van der Waals surface area contributed by atoms with Crippen LogP contribution in [-0.2, 0) is 0 Å². The van der Waals surface area contributed by atoms with E-state index in [1.165, 1.54) is 12.8 Å². The number of hydrogen-bond acceptors (Lipinski definition) is 1. The van der Waals surface area contributed by atoms with Gasteiger partial charge in [0.05, 0.1) is 0 Å². The van der Waals surface area contributed by atoms with Crippen LogP contribution in [0.2, 0.25) is 0 Å². The summed E-state index contributed by atoms with van der Waals surface area (Å²) in [7, 11) is 0. The SMILES string of the molecule is [CH2]CCCCC(N)C=C. The summed E-state index contributed by atoms with van der Waals surface area (Å²) in [6.07, 6.45) is 6.23. The molecule has 0 aromatic heterocycles. The molecule has 0 spiro atoms.